The van der Waals surface area contributed by atoms with Gasteiger partial charge in [0.15, 0.2) is 0 Å². The van der Waals surface area contributed by atoms with Gasteiger partial charge in [-0.2, -0.15) is 0 Å². The van der Waals surface area contributed by atoms with Crippen molar-refractivity contribution in [2.75, 3.05) is 23.8 Å². The van der Waals surface area contributed by atoms with Crippen LogP contribution < -0.4 is 10.2 Å². The number of aromatic nitrogens is 3. The highest BCUT2D eigenvalue weighted by molar-refractivity contribution is 7.20. The zero-order valence-corrected chi connectivity index (χ0v) is 12.9. The Morgan fingerprint density at radius 3 is 3.05 bits per heavy atom. The molecule has 0 atom stereocenters. The van der Waals surface area contributed by atoms with Crippen molar-refractivity contribution in [1.82, 2.24) is 14.6 Å². The molecule has 0 aliphatic heterocycles. The topological polar surface area (TPSA) is 62.5 Å². The highest BCUT2D eigenvalue weighted by atomic mass is 32.1. The van der Waals surface area contributed by atoms with Crippen LogP contribution in [-0.4, -0.2) is 34.1 Å². The third-order valence-corrected chi connectivity index (χ3v) is 4.01. The van der Waals surface area contributed by atoms with Crippen molar-refractivity contribution in [1.29, 1.82) is 0 Å². The number of nitrogens with one attached hydrogen (secondary N) is 1. The summed E-state index contributed by atoms with van der Waals surface area (Å²) in [6.45, 7) is 2.02. The summed E-state index contributed by atoms with van der Waals surface area (Å²) in [5.74, 6) is -0.625. The SMILES string of the molecule is Cc1cn2nc(N(C)CC(=O)Nc3cccc(F)c3)sc2n1. The Morgan fingerprint density at radius 2 is 2.32 bits per heavy atom. The second-order valence-corrected chi connectivity index (χ2v) is 5.84. The maximum absolute atomic E-state index is 13.1. The maximum atomic E-state index is 13.1. The van der Waals surface area contributed by atoms with Crippen LogP contribution in [0.4, 0.5) is 15.2 Å². The van der Waals surface area contributed by atoms with Gasteiger partial charge in [-0.15, -0.1) is 5.10 Å². The van der Waals surface area contributed by atoms with Crippen LogP contribution in [0.25, 0.3) is 4.96 Å². The number of amides is 1. The van der Waals surface area contributed by atoms with Gasteiger partial charge in [0, 0.05) is 12.7 Å². The average Bonchev–Trinajstić information content (AvgIpc) is 2.95. The molecular weight excluding hydrogens is 305 g/mol. The molecule has 0 saturated carbocycles. The van der Waals surface area contributed by atoms with E-state index in [9.17, 15) is 9.18 Å². The molecular formula is C14H14FN5OS. The molecule has 114 valence electrons. The number of hydrogen-bond donors (Lipinski definition) is 1. The van der Waals surface area contributed by atoms with Crippen LogP contribution in [0.1, 0.15) is 5.69 Å². The monoisotopic (exact) mass is 319 g/mol. The number of benzene rings is 1. The van der Waals surface area contributed by atoms with Crippen LogP contribution in [0, 0.1) is 12.7 Å². The summed E-state index contributed by atoms with van der Waals surface area (Å²) in [5.41, 5.74) is 1.33. The number of carbonyl (C=O) groups is 1. The summed E-state index contributed by atoms with van der Waals surface area (Å²) in [6.07, 6.45) is 1.83. The van der Waals surface area contributed by atoms with E-state index in [0.717, 1.165) is 10.7 Å². The van der Waals surface area contributed by atoms with Crippen molar-refractivity contribution in [3.8, 4) is 0 Å². The Morgan fingerprint density at radius 1 is 1.50 bits per heavy atom. The first-order valence-corrected chi connectivity index (χ1v) is 7.42. The first kappa shape index (κ1) is 14.5. The van der Waals surface area contributed by atoms with Crippen molar-refractivity contribution in [3.63, 3.8) is 0 Å². The molecule has 6 nitrogen and oxygen atoms in total. The van der Waals surface area contributed by atoms with E-state index in [-0.39, 0.29) is 18.3 Å². The van der Waals surface area contributed by atoms with Crippen molar-refractivity contribution in [2.24, 2.45) is 0 Å². The van der Waals surface area contributed by atoms with Gasteiger partial charge in [-0.25, -0.2) is 13.9 Å². The first-order valence-electron chi connectivity index (χ1n) is 6.60. The largest absolute Gasteiger partial charge is 0.340 e. The van der Waals surface area contributed by atoms with E-state index in [4.69, 9.17) is 0 Å². The third-order valence-electron chi connectivity index (χ3n) is 2.97. The lowest BCUT2D eigenvalue weighted by Gasteiger charge is -2.14. The van der Waals surface area contributed by atoms with E-state index in [1.165, 1.54) is 23.5 Å². The third kappa shape index (κ3) is 3.06. The van der Waals surface area contributed by atoms with E-state index in [0.29, 0.717) is 10.8 Å². The molecule has 2 heterocycles. The van der Waals surface area contributed by atoms with Gasteiger partial charge in [0.25, 0.3) is 0 Å². The fourth-order valence-electron chi connectivity index (χ4n) is 2.00. The summed E-state index contributed by atoms with van der Waals surface area (Å²) in [6, 6.07) is 5.79. The van der Waals surface area contributed by atoms with E-state index in [2.05, 4.69) is 15.4 Å². The molecule has 2 aromatic heterocycles. The van der Waals surface area contributed by atoms with Gasteiger partial charge >= 0.3 is 0 Å². The fraction of sp³-hybridized carbons (Fsp3) is 0.214. The number of fused-ring (bicyclic) bond motifs is 1. The summed E-state index contributed by atoms with van der Waals surface area (Å²) in [5, 5.41) is 7.71. The van der Waals surface area contributed by atoms with Crippen molar-refractivity contribution >= 4 is 33.0 Å². The summed E-state index contributed by atoms with van der Waals surface area (Å²) >= 11 is 1.40. The average molecular weight is 319 g/mol. The van der Waals surface area contributed by atoms with Crippen LogP contribution in [0.15, 0.2) is 30.5 Å². The molecule has 1 amide bonds. The van der Waals surface area contributed by atoms with E-state index in [1.54, 1.807) is 28.6 Å². The quantitative estimate of drug-likeness (QED) is 0.801. The highest BCUT2D eigenvalue weighted by Gasteiger charge is 2.13. The molecule has 1 aromatic carbocycles. The first-order chi connectivity index (χ1) is 10.5. The van der Waals surface area contributed by atoms with Crippen LogP contribution in [0.5, 0.6) is 0 Å². The zero-order chi connectivity index (χ0) is 15.7. The van der Waals surface area contributed by atoms with Crippen molar-refractivity contribution in [3.05, 3.63) is 42.0 Å². The molecule has 0 bridgehead atoms. The number of aryl methyl sites for hydroxylation is 1. The van der Waals surface area contributed by atoms with Crippen molar-refractivity contribution in [2.45, 2.75) is 6.92 Å². The molecule has 3 aromatic rings. The Labute approximate surface area is 130 Å². The maximum Gasteiger partial charge on any atom is 0.243 e. The van der Waals surface area contributed by atoms with Crippen LogP contribution >= 0.6 is 11.3 Å². The number of hydrogen-bond acceptors (Lipinski definition) is 5. The van der Waals surface area contributed by atoms with Crippen LogP contribution in [-0.2, 0) is 4.79 Å². The second-order valence-electron chi connectivity index (χ2n) is 4.91. The molecule has 0 aliphatic rings. The van der Waals surface area contributed by atoms with Gasteiger partial charge in [0.2, 0.25) is 16.0 Å². The van der Waals surface area contributed by atoms with Gasteiger partial charge in [-0.05, 0) is 25.1 Å². The van der Waals surface area contributed by atoms with E-state index < -0.39 is 0 Å². The van der Waals surface area contributed by atoms with E-state index >= 15 is 0 Å². The van der Waals surface area contributed by atoms with Gasteiger partial charge in [-0.3, -0.25) is 4.79 Å². The zero-order valence-electron chi connectivity index (χ0n) is 12.1. The minimum absolute atomic E-state index is 0.117. The lowest BCUT2D eigenvalue weighted by atomic mass is 10.3. The molecule has 0 saturated heterocycles. The molecule has 0 unspecified atom stereocenters. The van der Waals surface area contributed by atoms with E-state index in [1.807, 2.05) is 13.1 Å². The summed E-state index contributed by atoms with van der Waals surface area (Å²) < 4.78 is 14.8. The molecule has 0 radical (unpaired) electrons. The molecule has 0 aliphatic carbocycles. The molecule has 1 N–H and O–H groups in total. The molecule has 3 rings (SSSR count). The smallest absolute Gasteiger partial charge is 0.243 e. The lowest BCUT2D eigenvalue weighted by molar-refractivity contribution is -0.114. The second kappa shape index (κ2) is 5.72. The van der Waals surface area contributed by atoms with Gasteiger partial charge in [0.1, 0.15) is 5.82 Å². The molecule has 22 heavy (non-hydrogen) atoms. The number of imidazole rings is 1. The minimum Gasteiger partial charge on any atom is -0.340 e. The standard InChI is InChI=1S/C14H14FN5OS/c1-9-7-20-13(16-9)22-14(18-20)19(2)8-12(21)17-11-5-3-4-10(15)6-11/h3-7H,8H2,1-2H3,(H,17,21). The van der Waals surface area contributed by atoms with Gasteiger partial charge in [-0.1, -0.05) is 17.4 Å². The number of nitrogens with zero attached hydrogens (tertiary/aromatic N) is 4. The predicted molar refractivity (Wildman–Crippen MR) is 83.9 cm³/mol. The van der Waals surface area contributed by atoms with Gasteiger partial charge < -0.3 is 10.2 Å². The minimum atomic E-state index is -0.386. The number of rotatable bonds is 4. The number of halogens is 1. The molecule has 0 spiro atoms. The normalized spacial score (nSPS) is 10.9. The van der Waals surface area contributed by atoms with Crippen molar-refractivity contribution < 1.29 is 9.18 Å². The Bertz CT molecular complexity index is 796. The summed E-state index contributed by atoms with van der Waals surface area (Å²) in [4.78, 5) is 18.8. The van der Waals surface area contributed by atoms with Crippen LogP contribution in [0.2, 0.25) is 0 Å². The molecule has 0 fully saturated rings. The fourth-order valence-corrected chi connectivity index (χ4v) is 2.89. The Balaban J connectivity index is 1.66. The highest BCUT2D eigenvalue weighted by Crippen LogP contribution is 2.22. The van der Waals surface area contributed by atoms with Gasteiger partial charge in [0.05, 0.1) is 18.4 Å². The molecule has 8 heteroatoms. The lowest BCUT2D eigenvalue weighted by Crippen LogP contribution is -2.30. The Kier molecular flexibility index (Phi) is 3.76. The summed E-state index contributed by atoms with van der Waals surface area (Å²) in [7, 11) is 1.77. The number of carbonyl (C=O) groups excluding carboxylic acids is 1. The Hall–Kier alpha value is -2.48. The predicted octanol–water partition coefficient (Wildman–Crippen LogP) is 2.31. The number of anilines is 2. The number of likely N-dealkylation sites (N-methyl/N-ethyl adjacent to an activating group) is 1. The van der Waals surface area contributed by atoms with Crippen LogP contribution in [0.3, 0.4) is 0 Å².